The van der Waals surface area contributed by atoms with Crippen LogP contribution in [0.5, 0.6) is 0 Å². The Morgan fingerprint density at radius 3 is 2.35 bits per heavy atom. The van der Waals surface area contributed by atoms with Crippen LogP contribution in [0.2, 0.25) is 0 Å². The van der Waals surface area contributed by atoms with Gasteiger partial charge in [0.25, 0.3) is 0 Å². The average Bonchev–Trinajstić information content (AvgIpc) is 2.28. The number of carbonyl (C=O) groups excluding carboxylic acids is 1. The molecule has 3 heteroatoms. The molecule has 0 aliphatic heterocycles. The van der Waals surface area contributed by atoms with E-state index in [9.17, 15) is 4.79 Å². The molecule has 0 radical (unpaired) electrons. The molecule has 0 saturated heterocycles. The molecule has 0 aliphatic carbocycles. The van der Waals surface area contributed by atoms with Crippen molar-refractivity contribution >= 4 is 5.91 Å². The Labute approximate surface area is 102 Å². The number of allylic oxidation sites excluding steroid dienone is 1. The Bertz CT molecular complexity index is 389. The molecule has 1 N–H and O–H groups in total. The zero-order chi connectivity index (χ0) is 12.7. The fourth-order valence-corrected chi connectivity index (χ4v) is 1.42. The molecular weight excluding hydrogens is 214 g/mol. The van der Waals surface area contributed by atoms with Gasteiger partial charge >= 0.3 is 0 Å². The van der Waals surface area contributed by atoms with Crippen LogP contribution in [0.1, 0.15) is 25.0 Å². The Kier molecular flexibility index (Phi) is 5.43. The summed E-state index contributed by atoms with van der Waals surface area (Å²) in [5.41, 5.74) is 3.21. The quantitative estimate of drug-likeness (QED) is 0.793. The van der Waals surface area contributed by atoms with E-state index in [2.05, 4.69) is 5.32 Å². The molecule has 0 aromatic heterocycles. The van der Waals surface area contributed by atoms with Crippen molar-refractivity contribution < 1.29 is 9.53 Å². The minimum Gasteiger partial charge on any atom is -0.380 e. The van der Waals surface area contributed by atoms with Crippen molar-refractivity contribution in [1.29, 1.82) is 0 Å². The predicted octanol–water partition coefficient (Wildman–Crippen LogP) is 2.42. The van der Waals surface area contributed by atoms with Crippen LogP contribution >= 0.6 is 0 Å². The number of benzene rings is 1. The number of carbonyl (C=O) groups is 1. The predicted molar refractivity (Wildman–Crippen MR) is 68.4 cm³/mol. The molecule has 1 aromatic carbocycles. The summed E-state index contributed by atoms with van der Waals surface area (Å²) in [4.78, 5) is 11.4. The van der Waals surface area contributed by atoms with Gasteiger partial charge in [0, 0.05) is 19.7 Å². The van der Waals surface area contributed by atoms with E-state index in [1.165, 1.54) is 0 Å². The standard InChI is InChI=1S/C14H19NO2/c1-11(2)8-14(16)15-9-12-4-6-13(7-5-12)10-17-3/h4-8H,9-10H2,1-3H3,(H,15,16). The van der Waals surface area contributed by atoms with Crippen LogP contribution < -0.4 is 5.32 Å². The number of hydrogen-bond acceptors (Lipinski definition) is 2. The van der Waals surface area contributed by atoms with Crippen molar-refractivity contribution in [2.45, 2.75) is 27.0 Å². The second kappa shape index (κ2) is 6.86. The topological polar surface area (TPSA) is 38.3 Å². The lowest BCUT2D eigenvalue weighted by Gasteiger charge is -2.04. The lowest BCUT2D eigenvalue weighted by atomic mass is 10.1. The van der Waals surface area contributed by atoms with Gasteiger partial charge in [0.15, 0.2) is 0 Å². The van der Waals surface area contributed by atoms with Crippen molar-refractivity contribution in [3.8, 4) is 0 Å². The molecule has 0 bridgehead atoms. The fraction of sp³-hybridized carbons (Fsp3) is 0.357. The van der Waals surface area contributed by atoms with Crippen molar-refractivity contribution in [3.05, 3.63) is 47.0 Å². The summed E-state index contributed by atoms with van der Waals surface area (Å²) in [6.45, 7) is 4.97. The number of rotatable bonds is 5. The highest BCUT2D eigenvalue weighted by Crippen LogP contribution is 2.05. The van der Waals surface area contributed by atoms with Crippen LogP contribution in [-0.2, 0) is 22.7 Å². The van der Waals surface area contributed by atoms with Crippen LogP contribution in [0.15, 0.2) is 35.9 Å². The van der Waals surface area contributed by atoms with E-state index in [-0.39, 0.29) is 5.91 Å². The third-order valence-corrected chi connectivity index (χ3v) is 2.22. The Balaban J connectivity index is 2.47. The Morgan fingerprint density at radius 1 is 1.24 bits per heavy atom. The van der Waals surface area contributed by atoms with Crippen molar-refractivity contribution in [2.75, 3.05) is 7.11 Å². The van der Waals surface area contributed by atoms with Gasteiger partial charge in [-0.3, -0.25) is 4.79 Å². The van der Waals surface area contributed by atoms with Gasteiger partial charge < -0.3 is 10.1 Å². The lowest BCUT2D eigenvalue weighted by molar-refractivity contribution is -0.116. The zero-order valence-electron chi connectivity index (χ0n) is 10.6. The minimum atomic E-state index is -0.0500. The normalized spacial score (nSPS) is 9.82. The smallest absolute Gasteiger partial charge is 0.244 e. The molecule has 0 atom stereocenters. The summed E-state index contributed by atoms with van der Waals surface area (Å²) < 4.78 is 5.03. The average molecular weight is 233 g/mol. The van der Waals surface area contributed by atoms with E-state index in [1.807, 2.05) is 38.1 Å². The van der Waals surface area contributed by atoms with Gasteiger partial charge in [-0.2, -0.15) is 0 Å². The zero-order valence-corrected chi connectivity index (χ0v) is 10.6. The molecule has 1 aromatic rings. The van der Waals surface area contributed by atoms with Gasteiger partial charge in [0.2, 0.25) is 5.91 Å². The maximum absolute atomic E-state index is 11.4. The minimum absolute atomic E-state index is 0.0500. The van der Waals surface area contributed by atoms with Crippen molar-refractivity contribution in [3.63, 3.8) is 0 Å². The second-order valence-corrected chi connectivity index (χ2v) is 4.19. The number of hydrogen-bond donors (Lipinski definition) is 1. The second-order valence-electron chi connectivity index (χ2n) is 4.19. The third kappa shape index (κ3) is 5.31. The highest BCUT2D eigenvalue weighted by atomic mass is 16.5. The van der Waals surface area contributed by atoms with Gasteiger partial charge in [0.05, 0.1) is 6.61 Å². The maximum atomic E-state index is 11.4. The maximum Gasteiger partial charge on any atom is 0.244 e. The van der Waals surface area contributed by atoms with Gasteiger partial charge in [-0.25, -0.2) is 0 Å². The van der Waals surface area contributed by atoms with E-state index in [4.69, 9.17) is 4.74 Å². The summed E-state index contributed by atoms with van der Waals surface area (Å²) in [6, 6.07) is 8.01. The van der Waals surface area contributed by atoms with Gasteiger partial charge in [-0.1, -0.05) is 29.8 Å². The molecular formula is C14H19NO2. The molecule has 0 spiro atoms. The first kappa shape index (κ1) is 13.5. The molecule has 0 aliphatic rings. The van der Waals surface area contributed by atoms with Crippen LogP contribution in [0.4, 0.5) is 0 Å². The number of methoxy groups -OCH3 is 1. The van der Waals surface area contributed by atoms with Crippen molar-refractivity contribution in [2.24, 2.45) is 0 Å². The monoisotopic (exact) mass is 233 g/mol. The van der Waals surface area contributed by atoms with E-state index in [0.717, 1.165) is 16.7 Å². The first-order valence-corrected chi connectivity index (χ1v) is 5.61. The highest BCUT2D eigenvalue weighted by Gasteiger charge is 1.98. The first-order chi connectivity index (χ1) is 8.11. The lowest BCUT2D eigenvalue weighted by Crippen LogP contribution is -2.20. The van der Waals surface area contributed by atoms with E-state index in [1.54, 1.807) is 13.2 Å². The molecule has 0 saturated carbocycles. The van der Waals surface area contributed by atoms with E-state index < -0.39 is 0 Å². The van der Waals surface area contributed by atoms with Crippen molar-refractivity contribution in [1.82, 2.24) is 5.32 Å². The third-order valence-electron chi connectivity index (χ3n) is 2.22. The van der Waals surface area contributed by atoms with Crippen LogP contribution in [0.3, 0.4) is 0 Å². The molecule has 1 rings (SSSR count). The first-order valence-electron chi connectivity index (χ1n) is 5.61. The van der Waals surface area contributed by atoms with Crippen LogP contribution in [-0.4, -0.2) is 13.0 Å². The van der Waals surface area contributed by atoms with E-state index >= 15 is 0 Å². The largest absolute Gasteiger partial charge is 0.380 e. The van der Waals surface area contributed by atoms with Gasteiger partial charge in [-0.15, -0.1) is 0 Å². The molecule has 3 nitrogen and oxygen atoms in total. The van der Waals surface area contributed by atoms with Gasteiger partial charge in [-0.05, 0) is 25.0 Å². The molecule has 1 amide bonds. The molecule has 17 heavy (non-hydrogen) atoms. The number of ether oxygens (including phenoxy) is 1. The summed E-state index contributed by atoms with van der Waals surface area (Å²) >= 11 is 0. The van der Waals surface area contributed by atoms with E-state index in [0.29, 0.717) is 13.2 Å². The summed E-state index contributed by atoms with van der Waals surface area (Å²) in [5, 5.41) is 2.84. The van der Waals surface area contributed by atoms with Crippen LogP contribution in [0.25, 0.3) is 0 Å². The summed E-state index contributed by atoms with van der Waals surface area (Å²) in [5.74, 6) is -0.0500. The van der Waals surface area contributed by atoms with Crippen LogP contribution in [0, 0.1) is 0 Å². The Hall–Kier alpha value is -1.61. The molecule has 0 fully saturated rings. The molecule has 92 valence electrons. The summed E-state index contributed by atoms with van der Waals surface area (Å²) in [7, 11) is 1.67. The van der Waals surface area contributed by atoms with Gasteiger partial charge in [0.1, 0.15) is 0 Å². The Morgan fingerprint density at radius 2 is 1.82 bits per heavy atom. The summed E-state index contributed by atoms with van der Waals surface area (Å²) in [6.07, 6.45) is 1.60. The number of nitrogens with one attached hydrogen (secondary N) is 1. The SMILES string of the molecule is COCc1ccc(CNC(=O)C=C(C)C)cc1. The molecule has 0 unspecified atom stereocenters. The molecule has 0 heterocycles. The fourth-order valence-electron chi connectivity index (χ4n) is 1.42. The highest BCUT2D eigenvalue weighted by molar-refractivity contribution is 5.87. The number of amides is 1.